The van der Waals surface area contributed by atoms with Crippen molar-refractivity contribution >= 4 is 0 Å². The predicted octanol–water partition coefficient (Wildman–Crippen LogP) is 2.68. The molecule has 0 atom stereocenters. The van der Waals surface area contributed by atoms with Crippen molar-refractivity contribution in [3.63, 3.8) is 0 Å². The van der Waals surface area contributed by atoms with Crippen LogP contribution in [0.1, 0.15) is 38.8 Å². The van der Waals surface area contributed by atoms with Gasteiger partial charge in [0, 0.05) is 19.3 Å². The number of nitrogens with one attached hydrogen (secondary N) is 1. The summed E-state index contributed by atoms with van der Waals surface area (Å²) >= 11 is 0. The van der Waals surface area contributed by atoms with Crippen molar-refractivity contribution in [2.24, 2.45) is 5.41 Å². The summed E-state index contributed by atoms with van der Waals surface area (Å²) in [6.07, 6.45) is 5.79. The smallest absolute Gasteiger partial charge is 0.0543 e. The van der Waals surface area contributed by atoms with Crippen LogP contribution in [0.25, 0.3) is 0 Å². The van der Waals surface area contributed by atoms with Gasteiger partial charge >= 0.3 is 0 Å². The number of aromatic nitrogens is 1. The molecular formula is C16H27N3. The lowest BCUT2D eigenvalue weighted by Gasteiger charge is -2.40. The molecule has 1 saturated heterocycles. The Labute approximate surface area is 117 Å². The highest BCUT2D eigenvalue weighted by Gasteiger charge is 2.31. The van der Waals surface area contributed by atoms with Crippen LogP contribution in [-0.2, 0) is 6.54 Å². The quantitative estimate of drug-likeness (QED) is 0.853. The average Bonchev–Trinajstić information content (AvgIpc) is 2.48. The minimum atomic E-state index is 0.510. The first-order valence-electron chi connectivity index (χ1n) is 7.61. The van der Waals surface area contributed by atoms with Gasteiger partial charge in [0.2, 0.25) is 0 Å². The van der Waals surface area contributed by atoms with E-state index in [2.05, 4.69) is 41.2 Å². The molecule has 106 valence electrons. The Bertz CT molecular complexity index is 358. The van der Waals surface area contributed by atoms with Crippen molar-refractivity contribution in [3.8, 4) is 0 Å². The third kappa shape index (κ3) is 4.02. The van der Waals surface area contributed by atoms with Gasteiger partial charge in [-0.3, -0.25) is 9.88 Å². The molecule has 0 amide bonds. The zero-order valence-electron chi connectivity index (χ0n) is 12.4. The number of hydrogen-bond acceptors (Lipinski definition) is 3. The summed E-state index contributed by atoms with van der Waals surface area (Å²) in [5.74, 6) is 0. The summed E-state index contributed by atoms with van der Waals surface area (Å²) in [5, 5.41) is 3.48. The first-order valence-corrected chi connectivity index (χ1v) is 7.61. The van der Waals surface area contributed by atoms with E-state index in [4.69, 9.17) is 0 Å². The van der Waals surface area contributed by atoms with Crippen molar-refractivity contribution in [2.75, 3.05) is 26.2 Å². The van der Waals surface area contributed by atoms with E-state index in [1.165, 1.54) is 44.6 Å². The van der Waals surface area contributed by atoms with Gasteiger partial charge in [-0.25, -0.2) is 0 Å². The molecule has 0 aliphatic carbocycles. The van der Waals surface area contributed by atoms with Gasteiger partial charge in [-0.2, -0.15) is 0 Å². The van der Waals surface area contributed by atoms with Crippen molar-refractivity contribution in [1.29, 1.82) is 0 Å². The lowest BCUT2D eigenvalue weighted by molar-refractivity contribution is 0.105. The Hall–Kier alpha value is -0.930. The van der Waals surface area contributed by atoms with E-state index in [1.54, 1.807) is 0 Å². The normalized spacial score (nSPS) is 18.7. The van der Waals surface area contributed by atoms with Crippen LogP contribution in [0.5, 0.6) is 0 Å². The zero-order valence-corrected chi connectivity index (χ0v) is 12.4. The molecule has 1 aliphatic heterocycles. The van der Waals surface area contributed by atoms with Crippen molar-refractivity contribution in [1.82, 2.24) is 15.2 Å². The zero-order chi connectivity index (χ0) is 13.6. The van der Waals surface area contributed by atoms with Crippen molar-refractivity contribution < 1.29 is 0 Å². The molecule has 1 N–H and O–H groups in total. The average molecular weight is 261 g/mol. The molecule has 19 heavy (non-hydrogen) atoms. The van der Waals surface area contributed by atoms with E-state index in [1.807, 2.05) is 12.3 Å². The van der Waals surface area contributed by atoms with E-state index in [0.717, 1.165) is 13.1 Å². The highest BCUT2D eigenvalue weighted by atomic mass is 15.1. The lowest BCUT2D eigenvalue weighted by atomic mass is 9.76. The fraction of sp³-hybridized carbons (Fsp3) is 0.688. The van der Waals surface area contributed by atoms with Gasteiger partial charge in [-0.15, -0.1) is 0 Å². The highest BCUT2D eigenvalue weighted by molar-refractivity contribution is 5.03. The number of rotatable bonds is 6. The van der Waals surface area contributed by atoms with Crippen LogP contribution in [-0.4, -0.2) is 36.1 Å². The third-order valence-corrected chi connectivity index (χ3v) is 4.53. The Morgan fingerprint density at radius 3 is 2.63 bits per heavy atom. The molecule has 2 rings (SSSR count). The van der Waals surface area contributed by atoms with Crippen molar-refractivity contribution in [3.05, 3.63) is 30.1 Å². The summed E-state index contributed by atoms with van der Waals surface area (Å²) < 4.78 is 0. The van der Waals surface area contributed by atoms with E-state index < -0.39 is 0 Å². The molecule has 2 heterocycles. The van der Waals surface area contributed by atoms with Crippen LogP contribution in [0.2, 0.25) is 0 Å². The van der Waals surface area contributed by atoms with E-state index in [0.29, 0.717) is 5.41 Å². The molecule has 3 nitrogen and oxygen atoms in total. The standard InChI is InChI=1S/C16H27N3/c1-3-16(8-11-17-12-9-16)14-19(4-2)13-15-7-5-6-10-18-15/h5-7,10,17H,3-4,8-9,11-14H2,1-2H3. The highest BCUT2D eigenvalue weighted by Crippen LogP contribution is 2.33. The Morgan fingerprint density at radius 2 is 2.05 bits per heavy atom. The molecule has 1 fully saturated rings. The largest absolute Gasteiger partial charge is 0.317 e. The molecule has 0 spiro atoms. The van der Waals surface area contributed by atoms with E-state index >= 15 is 0 Å². The first-order chi connectivity index (χ1) is 9.28. The summed E-state index contributed by atoms with van der Waals surface area (Å²) in [7, 11) is 0. The molecule has 1 aliphatic rings. The number of nitrogens with zero attached hydrogens (tertiary/aromatic N) is 2. The molecule has 0 unspecified atom stereocenters. The first kappa shape index (κ1) is 14.5. The molecule has 1 aromatic heterocycles. The fourth-order valence-electron chi connectivity index (χ4n) is 3.06. The molecule has 0 aromatic carbocycles. The minimum absolute atomic E-state index is 0.510. The summed E-state index contributed by atoms with van der Waals surface area (Å²) in [6, 6.07) is 6.19. The summed E-state index contributed by atoms with van der Waals surface area (Å²) in [5.41, 5.74) is 1.69. The maximum Gasteiger partial charge on any atom is 0.0543 e. The Kier molecular flexibility index (Phi) is 5.34. The van der Waals surface area contributed by atoms with Crippen LogP contribution in [0.3, 0.4) is 0 Å². The second-order valence-electron chi connectivity index (χ2n) is 5.73. The molecule has 3 heteroatoms. The predicted molar refractivity (Wildman–Crippen MR) is 80.0 cm³/mol. The second kappa shape index (κ2) is 7.01. The van der Waals surface area contributed by atoms with Crippen molar-refractivity contribution in [2.45, 2.75) is 39.7 Å². The lowest BCUT2D eigenvalue weighted by Crippen LogP contribution is -2.44. The maximum absolute atomic E-state index is 4.45. The van der Waals surface area contributed by atoms with Gasteiger partial charge in [0.05, 0.1) is 5.69 Å². The summed E-state index contributed by atoms with van der Waals surface area (Å²) in [6.45, 7) is 10.2. The van der Waals surface area contributed by atoms with Crippen LogP contribution in [0, 0.1) is 5.41 Å². The fourth-order valence-corrected chi connectivity index (χ4v) is 3.06. The number of piperidine rings is 1. The number of hydrogen-bond donors (Lipinski definition) is 1. The van der Waals surface area contributed by atoms with Gasteiger partial charge in [0.15, 0.2) is 0 Å². The molecule has 0 saturated carbocycles. The topological polar surface area (TPSA) is 28.2 Å². The van der Waals surface area contributed by atoms with Gasteiger partial charge in [0.1, 0.15) is 0 Å². The third-order valence-electron chi connectivity index (χ3n) is 4.53. The van der Waals surface area contributed by atoms with E-state index in [9.17, 15) is 0 Å². The Morgan fingerprint density at radius 1 is 1.26 bits per heavy atom. The SMILES string of the molecule is CCN(Cc1ccccn1)CC1(CC)CCNCC1. The number of pyridine rings is 1. The monoisotopic (exact) mass is 261 g/mol. The van der Waals surface area contributed by atoms with Gasteiger partial charge < -0.3 is 5.32 Å². The molecule has 1 aromatic rings. The van der Waals surface area contributed by atoms with Crippen LogP contribution < -0.4 is 5.32 Å². The van der Waals surface area contributed by atoms with Gasteiger partial charge in [0.25, 0.3) is 0 Å². The van der Waals surface area contributed by atoms with E-state index in [-0.39, 0.29) is 0 Å². The van der Waals surface area contributed by atoms with Crippen LogP contribution in [0.4, 0.5) is 0 Å². The van der Waals surface area contributed by atoms with Crippen LogP contribution in [0.15, 0.2) is 24.4 Å². The molecule has 0 radical (unpaired) electrons. The minimum Gasteiger partial charge on any atom is -0.317 e. The Balaban J connectivity index is 1.97. The molecule has 0 bridgehead atoms. The van der Waals surface area contributed by atoms with Gasteiger partial charge in [-0.1, -0.05) is 19.9 Å². The second-order valence-corrected chi connectivity index (χ2v) is 5.73. The van der Waals surface area contributed by atoms with Gasteiger partial charge in [-0.05, 0) is 56.4 Å². The van der Waals surface area contributed by atoms with Crippen LogP contribution >= 0.6 is 0 Å². The summed E-state index contributed by atoms with van der Waals surface area (Å²) in [4.78, 5) is 7.01. The maximum atomic E-state index is 4.45. The molecular weight excluding hydrogens is 234 g/mol.